The number of rotatable bonds is 3. The van der Waals surface area contributed by atoms with Crippen LogP contribution < -0.4 is 10.6 Å². The van der Waals surface area contributed by atoms with Gasteiger partial charge >= 0.3 is 6.18 Å². The minimum atomic E-state index is -4.38. The lowest BCUT2D eigenvalue weighted by Crippen LogP contribution is -2.29. The Morgan fingerprint density at radius 2 is 1.90 bits per heavy atom. The van der Waals surface area contributed by atoms with E-state index in [1.807, 2.05) is 6.08 Å². The molecule has 0 unspecified atom stereocenters. The lowest BCUT2D eigenvalue weighted by molar-refractivity contribution is -0.137. The fourth-order valence-corrected chi connectivity index (χ4v) is 1.94. The van der Waals surface area contributed by atoms with Crippen LogP contribution in [0.3, 0.4) is 0 Å². The summed E-state index contributed by atoms with van der Waals surface area (Å²) in [5.74, 6) is -0.363. The highest BCUT2D eigenvalue weighted by atomic mass is 35.5. The second kappa shape index (κ2) is 7.47. The third kappa shape index (κ3) is 5.06. The van der Waals surface area contributed by atoms with E-state index < -0.39 is 11.7 Å². The van der Waals surface area contributed by atoms with Gasteiger partial charge in [-0.05, 0) is 37.2 Å². The molecule has 0 saturated heterocycles. The predicted octanol–water partition coefficient (Wildman–Crippen LogP) is 2.78. The average Bonchev–Trinajstić information content (AvgIpc) is 2.45. The van der Waals surface area contributed by atoms with Crippen molar-refractivity contribution >= 4 is 18.3 Å². The molecule has 3 nitrogen and oxygen atoms in total. The molecule has 2 N–H and O–H groups in total. The quantitative estimate of drug-likeness (QED) is 0.841. The Kier molecular flexibility index (Phi) is 6.23. The highest BCUT2D eigenvalue weighted by Gasteiger charge is 2.30. The predicted molar refractivity (Wildman–Crippen MR) is 76.6 cm³/mol. The van der Waals surface area contributed by atoms with E-state index in [1.165, 1.54) is 12.1 Å². The van der Waals surface area contributed by atoms with Crippen LogP contribution in [0, 0.1) is 0 Å². The van der Waals surface area contributed by atoms with Gasteiger partial charge < -0.3 is 10.6 Å². The van der Waals surface area contributed by atoms with Crippen molar-refractivity contribution in [2.75, 3.05) is 19.6 Å². The minimum Gasteiger partial charge on any atom is -0.348 e. The van der Waals surface area contributed by atoms with Crippen LogP contribution in [0.5, 0.6) is 0 Å². The van der Waals surface area contributed by atoms with E-state index in [4.69, 9.17) is 0 Å². The van der Waals surface area contributed by atoms with Gasteiger partial charge in [-0.2, -0.15) is 13.2 Å². The minimum absolute atomic E-state index is 0. The Balaban J connectivity index is 0.00000220. The van der Waals surface area contributed by atoms with E-state index in [2.05, 4.69) is 10.6 Å². The summed E-state index contributed by atoms with van der Waals surface area (Å²) in [6, 6.07) is 4.21. The van der Waals surface area contributed by atoms with Gasteiger partial charge in [0.05, 0.1) is 5.56 Å². The van der Waals surface area contributed by atoms with Crippen molar-refractivity contribution in [3.05, 3.63) is 47.0 Å². The van der Waals surface area contributed by atoms with Crippen LogP contribution in [0.4, 0.5) is 13.2 Å². The van der Waals surface area contributed by atoms with Gasteiger partial charge in [-0.3, -0.25) is 4.79 Å². The molecular formula is C14H16ClF3N2O. The Morgan fingerprint density at radius 1 is 1.24 bits per heavy atom. The van der Waals surface area contributed by atoms with Gasteiger partial charge in [0.15, 0.2) is 0 Å². The molecule has 1 aromatic carbocycles. The summed E-state index contributed by atoms with van der Waals surface area (Å²) < 4.78 is 37.2. The summed E-state index contributed by atoms with van der Waals surface area (Å²) in [6.07, 6.45) is -1.50. The van der Waals surface area contributed by atoms with Crippen molar-refractivity contribution in [3.8, 4) is 0 Å². The second-order valence-electron chi connectivity index (χ2n) is 4.57. The smallest absolute Gasteiger partial charge is 0.348 e. The van der Waals surface area contributed by atoms with E-state index in [1.54, 1.807) is 0 Å². The average molecular weight is 321 g/mol. The van der Waals surface area contributed by atoms with Crippen LogP contribution in [0.2, 0.25) is 0 Å². The highest BCUT2D eigenvalue weighted by molar-refractivity contribution is 5.94. The van der Waals surface area contributed by atoms with E-state index in [0.29, 0.717) is 6.54 Å². The Morgan fingerprint density at radius 3 is 2.43 bits per heavy atom. The van der Waals surface area contributed by atoms with Crippen molar-refractivity contribution in [1.82, 2.24) is 10.6 Å². The van der Waals surface area contributed by atoms with Gasteiger partial charge in [-0.1, -0.05) is 11.6 Å². The maximum atomic E-state index is 12.4. The van der Waals surface area contributed by atoms with Crippen molar-refractivity contribution < 1.29 is 18.0 Å². The number of amides is 1. The van der Waals surface area contributed by atoms with Gasteiger partial charge in [0.2, 0.25) is 0 Å². The third-order valence-electron chi connectivity index (χ3n) is 3.11. The summed E-state index contributed by atoms with van der Waals surface area (Å²) in [6.45, 7) is 2.09. The van der Waals surface area contributed by atoms with Crippen LogP contribution in [0.25, 0.3) is 0 Å². The second-order valence-corrected chi connectivity index (χ2v) is 4.57. The number of alkyl halides is 3. The molecule has 1 heterocycles. The topological polar surface area (TPSA) is 41.1 Å². The molecule has 0 spiro atoms. The molecule has 1 amide bonds. The maximum Gasteiger partial charge on any atom is 0.416 e. The number of nitrogens with one attached hydrogen (secondary N) is 2. The summed E-state index contributed by atoms with van der Waals surface area (Å²) in [4.78, 5) is 11.8. The first-order valence-electron chi connectivity index (χ1n) is 6.31. The molecule has 116 valence electrons. The lowest BCUT2D eigenvalue weighted by Gasteiger charge is -2.14. The van der Waals surface area contributed by atoms with Crippen LogP contribution in [-0.4, -0.2) is 25.5 Å². The fraction of sp³-hybridized carbons (Fsp3) is 0.357. The molecule has 1 aliphatic rings. The van der Waals surface area contributed by atoms with Gasteiger partial charge in [0.1, 0.15) is 0 Å². The van der Waals surface area contributed by atoms with Gasteiger partial charge in [-0.15, -0.1) is 12.4 Å². The van der Waals surface area contributed by atoms with Crippen molar-refractivity contribution in [2.45, 2.75) is 12.6 Å². The molecular weight excluding hydrogens is 305 g/mol. The fourth-order valence-electron chi connectivity index (χ4n) is 1.94. The first kappa shape index (κ1) is 17.5. The molecule has 1 aromatic rings. The zero-order valence-electron chi connectivity index (χ0n) is 11.2. The highest BCUT2D eigenvalue weighted by Crippen LogP contribution is 2.29. The third-order valence-corrected chi connectivity index (χ3v) is 3.11. The Bertz CT molecular complexity index is 512. The SMILES string of the molecule is Cl.O=C(NCC1=CCNCC1)c1ccc(C(F)(F)F)cc1. The zero-order valence-corrected chi connectivity index (χ0v) is 12.0. The number of hydrogen-bond acceptors (Lipinski definition) is 2. The number of carbonyl (C=O) groups excluding carboxylic acids is 1. The normalized spacial score (nSPS) is 14.9. The largest absolute Gasteiger partial charge is 0.416 e. The molecule has 0 atom stereocenters. The van der Waals surface area contributed by atoms with E-state index in [9.17, 15) is 18.0 Å². The molecule has 0 fully saturated rings. The van der Waals surface area contributed by atoms with Gasteiger partial charge in [-0.25, -0.2) is 0 Å². The monoisotopic (exact) mass is 320 g/mol. The molecule has 0 aliphatic carbocycles. The Hall–Kier alpha value is -1.53. The van der Waals surface area contributed by atoms with Gasteiger partial charge in [0.25, 0.3) is 5.91 Å². The lowest BCUT2D eigenvalue weighted by atomic mass is 10.1. The van der Waals surface area contributed by atoms with E-state index in [-0.39, 0.29) is 23.9 Å². The van der Waals surface area contributed by atoms with E-state index in [0.717, 1.165) is 37.2 Å². The number of halogens is 4. The van der Waals surface area contributed by atoms with Crippen LogP contribution in [-0.2, 0) is 6.18 Å². The molecule has 0 aromatic heterocycles. The van der Waals surface area contributed by atoms with Crippen molar-refractivity contribution in [2.24, 2.45) is 0 Å². The molecule has 1 aliphatic heterocycles. The van der Waals surface area contributed by atoms with Crippen molar-refractivity contribution in [3.63, 3.8) is 0 Å². The van der Waals surface area contributed by atoms with Crippen molar-refractivity contribution in [1.29, 1.82) is 0 Å². The van der Waals surface area contributed by atoms with E-state index >= 15 is 0 Å². The standard InChI is InChI=1S/C14H15F3N2O.ClH/c15-14(16,17)12-3-1-11(2-4-12)13(20)19-9-10-5-7-18-8-6-10;/h1-5,18H,6-9H2,(H,19,20);1H. The molecule has 7 heteroatoms. The summed E-state index contributed by atoms with van der Waals surface area (Å²) in [5.41, 5.74) is 0.603. The first-order chi connectivity index (χ1) is 9.47. The number of carbonyl (C=O) groups is 1. The number of benzene rings is 1. The maximum absolute atomic E-state index is 12.4. The summed E-state index contributed by atoms with van der Waals surface area (Å²) in [5, 5.41) is 5.87. The molecule has 0 radical (unpaired) electrons. The summed E-state index contributed by atoms with van der Waals surface area (Å²) in [7, 11) is 0. The van der Waals surface area contributed by atoms with Crippen LogP contribution in [0.1, 0.15) is 22.3 Å². The first-order valence-corrected chi connectivity index (χ1v) is 6.31. The molecule has 2 rings (SSSR count). The molecule has 21 heavy (non-hydrogen) atoms. The summed E-state index contributed by atoms with van der Waals surface area (Å²) >= 11 is 0. The van der Waals surface area contributed by atoms with Gasteiger partial charge in [0, 0.05) is 18.7 Å². The van der Waals surface area contributed by atoms with Crippen LogP contribution in [0.15, 0.2) is 35.9 Å². The zero-order chi connectivity index (χ0) is 14.6. The Labute approximate surface area is 127 Å². The molecule has 0 saturated carbocycles. The number of hydrogen-bond donors (Lipinski definition) is 2. The molecule has 0 bridgehead atoms. The van der Waals surface area contributed by atoms with Crippen LogP contribution >= 0.6 is 12.4 Å².